The summed E-state index contributed by atoms with van der Waals surface area (Å²) in [6.45, 7) is 11.5. The zero-order valence-electron chi connectivity index (χ0n) is 14.8. The van der Waals surface area contributed by atoms with E-state index in [9.17, 15) is 9.90 Å². The Morgan fingerprint density at radius 1 is 1.22 bits per heavy atom. The van der Waals surface area contributed by atoms with Crippen LogP contribution in [0, 0.1) is 0 Å². The number of hydrogen-bond acceptors (Lipinski definition) is 5. The molecule has 0 amide bonds. The molecule has 1 N–H and O–H groups in total. The molecule has 2 rings (SSSR count). The zero-order chi connectivity index (χ0) is 17.3. The van der Waals surface area contributed by atoms with Gasteiger partial charge in [0.05, 0.1) is 17.8 Å². The standard InChI is InChI=1S/C18H30O5/c1-13(2)15(19)22-14-7-6-9-16(3,10-8-14)23-17(4)11-18(5,20)21-12-17/h14,20H,1,6-12H2,2-5H3. The molecule has 4 unspecified atom stereocenters. The number of ether oxygens (including phenoxy) is 3. The summed E-state index contributed by atoms with van der Waals surface area (Å²) in [5.41, 5.74) is -0.332. The topological polar surface area (TPSA) is 65.0 Å². The SMILES string of the molecule is C=C(C)C(=O)OC1CCCC(C)(OC2(C)COC(C)(O)C2)CC1. The van der Waals surface area contributed by atoms with E-state index in [0.717, 1.165) is 32.1 Å². The van der Waals surface area contributed by atoms with Crippen LogP contribution in [-0.4, -0.2) is 40.8 Å². The molecule has 0 aromatic rings. The van der Waals surface area contributed by atoms with Crippen molar-refractivity contribution in [2.24, 2.45) is 0 Å². The van der Waals surface area contributed by atoms with Gasteiger partial charge in [-0.1, -0.05) is 6.58 Å². The zero-order valence-corrected chi connectivity index (χ0v) is 14.8. The molecule has 2 aliphatic rings. The van der Waals surface area contributed by atoms with Crippen molar-refractivity contribution in [3.63, 3.8) is 0 Å². The molecule has 0 bridgehead atoms. The molecule has 0 spiro atoms. The third-order valence-corrected chi connectivity index (χ3v) is 4.73. The van der Waals surface area contributed by atoms with Crippen LogP contribution in [0.4, 0.5) is 0 Å². The Morgan fingerprint density at radius 3 is 2.48 bits per heavy atom. The van der Waals surface area contributed by atoms with Gasteiger partial charge in [-0.3, -0.25) is 0 Å². The molecule has 23 heavy (non-hydrogen) atoms. The van der Waals surface area contributed by atoms with Crippen molar-refractivity contribution in [1.82, 2.24) is 0 Å². The summed E-state index contributed by atoms with van der Waals surface area (Å²) in [5.74, 6) is -1.43. The number of rotatable bonds is 4. The lowest BCUT2D eigenvalue weighted by molar-refractivity contribution is -0.155. The van der Waals surface area contributed by atoms with Crippen LogP contribution in [0.15, 0.2) is 12.2 Å². The van der Waals surface area contributed by atoms with E-state index in [-0.39, 0.29) is 17.7 Å². The molecule has 1 aliphatic heterocycles. The first-order chi connectivity index (χ1) is 10.5. The Labute approximate surface area is 139 Å². The number of carbonyl (C=O) groups excluding carboxylic acids is 1. The maximum Gasteiger partial charge on any atom is 0.333 e. The molecule has 1 heterocycles. The largest absolute Gasteiger partial charge is 0.459 e. The minimum absolute atomic E-state index is 0.0691. The molecule has 5 nitrogen and oxygen atoms in total. The second kappa shape index (κ2) is 6.54. The molecule has 1 saturated carbocycles. The van der Waals surface area contributed by atoms with E-state index in [0.29, 0.717) is 18.6 Å². The lowest BCUT2D eigenvalue weighted by atomic mass is 9.93. The number of esters is 1. The van der Waals surface area contributed by atoms with Gasteiger partial charge in [0, 0.05) is 12.0 Å². The van der Waals surface area contributed by atoms with Gasteiger partial charge in [0.15, 0.2) is 5.79 Å². The molecule has 0 aromatic carbocycles. The Balaban J connectivity index is 1.93. The summed E-state index contributed by atoms with van der Waals surface area (Å²) in [6, 6.07) is 0. The minimum Gasteiger partial charge on any atom is -0.459 e. The summed E-state index contributed by atoms with van der Waals surface area (Å²) in [4.78, 5) is 11.7. The van der Waals surface area contributed by atoms with Crippen molar-refractivity contribution in [2.45, 2.75) is 89.3 Å². The van der Waals surface area contributed by atoms with Crippen LogP contribution in [-0.2, 0) is 19.0 Å². The van der Waals surface area contributed by atoms with Crippen LogP contribution in [0.5, 0.6) is 0 Å². The predicted octanol–water partition coefficient (Wildman–Crippen LogP) is 3.10. The fraction of sp³-hybridized carbons (Fsp3) is 0.833. The summed E-state index contributed by atoms with van der Waals surface area (Å²) < 4.78 is 17.3. The van der Waals surface area contributed by atoms with Crippen LogP contribution in [0.3, 0.4) is 0 Å². The highest BCUT2D eigenvalue weighted by atomic mass is 16.7. The van der Waals surface area contributed by atoms with Gasteiger partial charge in [0.2, 0.25) is 0 Å². The molecule has 5 heteroatoms. The van der Waals surface area contributed by atoms with Crippen LogP contribution >= 0.6 is 0 Å². The summed E-state index contributed by atoms with van der Waals surface area (Å²) in [7, 11) is 0. The maximum absolute atomic E-state index is 11.7. The minimum atomic E-state index is -1.12. The Hall–Kier alpha value is -0.910. The van der Waals surface area contributed by atoms with Crippen LogP contribution in [0.25, 0.3) is 0 Å². The lowest BCUT2D eigenvalue weighted by Crippen LogP contribution is -2.42. The van der Waals surface area contributed by atoms with Crippen molar-refractivity contribution in [3.05, 3.63) is 12.2 Å². The number of carbonyl (C=O) groups is 1. The van der Waals surface area contributed by atoms with E-state index < -0.39 is 11.4 Å². The predicted molar refractivity (Wildman–Crippen MR) is 86.9 cm³/mol. The highest BCUT2D eigenvalue weighted by Gasteiger charge is 2.47. The van der Waals surface area contributed by atoms with E-state index in [1.165, 1.54) is 0 Å². The quantitative estimate of drug-likeness (QED) is 0.488. The molecule has 0 radical (unpaired) electrons. The first-order valence-corrected chi connectivity index (χ1v) is 8.46. The molecule has 2 fully saturated rings. The van der Waals surface area contributed by atoms with Crippen LogP contribution in [0.1, 0.15) is 66.2 Å². The van der Waals surface area contributed by atoms with E-state index in [1.807, 2.05) is 6.92 Å². The second-order valence-corrected chi connectivity index (χ2v) is 7.88. The third kappa shape index (κ3) is 5.03. The molecule has 1 saturated heterocycles. The highest BCUT2D eigenvalue weighted by molar-refractivity contribution is 5.87. The molecule has 4 atom stereocenters. The summed E-state index contributed by atoms with van der Waals surface area (Å²) in [5, 5.41) is 10.0. The average molecular weight is 326 g/mol. The monoisotopic (exact) mass is 326 g/mol. The van der Waals surface area contributed by atoms with Crippen molar-refractivity contribution in [1.29, 1.82) is 0 Å². The molecule has 1 aliphatic carbocycles. The fourth-order valence-electron chi connectivity index (χ4n) is 3.68. The Kier molecular flexibility index (Phi) is 5.24. The molecular weight excluding hydrogens is 296 g/mol. The molecule has 0 aromatic heterocycles. The van der Waals surface area contributed by atoms with Crippen molar-refractivity contribution in [2.75, 3.05) is 6.61 Å². The van der Waals surface area contributed by atoms with Crippen LogP contribution < -0.4 is 0 Å². The first kappa shape index (κ1) is 18.4. The van der Waals surface area contributed by atoms with Crippen LogP contribution in [0.2, 0.25) is 0 Å². The second-order valence-electron chi connectivity index (χ2n) is 7.88. The van der Waals surface area contributed by atoms with E-state index in [4.69, 9.17) is 14.2 Å². The summed E-state index contributed by atoms with van der Waals surface area (Å²) >= 11 is 0. The van der Waals surface area contributed by atoms with Gasteiger partial charge < -0.3 is 19.3 Å². The van der Waals surface area contributed by atoms with Crippen molar-refractivity contribution >= 4 is 5.97 Å². The van der Waals surface area contributed by atoms with Gasteiger partial charge in [-0.2, -0.15) is 0 Å². The smallest absolute Gasteiger partial charge is 0.333 e. The third-order valence-electron chi connectivity index (χ3n) is 4.73. The Bertz CT molecular complexity index is 472. The fourth-order valence-corrected chi connectivity index (χ4v) is 3.68. The van der Waals surface area contributed by atoms with Gasteiger partial charge in [-0.15, -0.1) is 0 Å². The van der Waals surface area contributed by atoms with Gasteiger partial charge in [-0.05, 0) is 59.8 Å². The van der Waals surface area contributed by atoms with Gasteiger partial charge in [0.25, 0.3) is 0 Å². The summed E-state index contributed by atoms with van der Waals surface area (Å²) in [6.07, 6.45) is 4.69. The van der Waals surface area contributed by atoms with Gasteiger partial charge in [-0.25, -0.2) is 4.79 Å². The van der Waals surface area contributed by atoms with E-state index in [1.54, 1.807) is 13.8 Å². The highest BCUT2D eigenvalue weighted by Crippen LogP contribution is 2.41. The molecular formula is C18H30O5. The number of hydrogen-bond donors (Lipinski definition) is 1. The first-order valence-electron chi connectivity index (χ1n) is 8.46. The van der Waals surface area contributed by atoms with Crippen molar-refractivity contribution < 1.29 is 24.1 Å². The normalized spacial score (nSPS) is 41.3. The average Bonchev–Trinajstić information content (AvgIpc) is 2.57. The maximum atomic E-state index is 11.7. The Morgan fingerprint density at radius 2 is 1.91 bits per heavy atom. The van der Waals surface area contributed by atoms with Gasteiger partial charge in [0.1, 0.15) is 6.10 Å². The van der Waals surface area contributed by atoms with Crippen molar-refractivity contribution in [3.8, 4) is 0 Å². The van der Waals surface area contributed by atoms with E-state index >= 15 is 0 Å². The number of aliphatic hydroxyl groups is 1. The lowest BCUT2D eigenvalue weighted by Gasteiger charge is -2.37. The van der Waals surface area contributed by atoms with Gasteiger partial charge >= 0.3 is 5.97 Å². The van der Waals surface area contributed by atoms with E-state index in [2.05, 4.69) is 13.5 Å². The molecule has 132 valence electrons.